The molecule has 0 saturated carbocycles. The van der Waals surface area contributed by atoms with Crippen LogP contribution in [-0.2, 0) is 33.3 Å². The highest BCUT2D eigenvalue weighted by Crippen LogP contribution is 2.18. The molecule has 9 heteroatoms. The molecule has 0 aliphatic heterocycles. The zero-order chi connectivity index (χ0) is 60.5. The third-order valence-electron chi connectivity index (χ3n) is 15.4. The van der Waals surface area contributed by atoms with Crippen molar-refractivity contribution in [3.8, 4) is 0 Å². The second-order valence-corrected chi connectivity index (χ2v) is 24.8. The van der Waals surface area contributed by atoms with Crippen LogP contribution in [0.15, 0.2) is 72.9 Å². The number of ether oxygens (including phenoxy) is 4. The highest BCUT2D eigenvalue weighted by Gasteiger charge is 2.22. The molecule has 0 saturated heterocycles. The van der Waals surface area contributed by atoms with Gasteiger partial charge in [0.05, 0.1) is 40.3 Å². The van der Waals surface area contributed by atoms with Gasteiger partial charge in [0.2, 0.25) is 0 Å². The zero-order valence-corrected chi connectivity index (χ0v) is 55.1. The number of carboxylic acids is 1. The van der Waals surface area contributed by atoms with Crippen LogP contribution in [0.1, 0.15) is 322 Å². The Hall–Kier alpha value is -3.27. The summed E-state index contributed by atoms with van der Waals surface area (Å²) in [7, 11) is 5.94. The Morgan fingerprint density at radius 3 is 1.04 bits per heavy atom. The number of unbranched alkanes of at least 4 members (excludes halogenated alkanes) is 38. The number of rotatable bonds is 65. The Bertz CT molecular complexity index is 1590. The number of hydrogen-bond donors (Lipinski definition) is 0. The van der Waals surface area contributed by atoms with Crippen LogP contribution in [0.25, 0.3) is 0 Å². The Morgan fingerprint density at radius 1 is 0.373 bits per heavy atom. The lowest BCUT2D eigenvalue weighted by Gasteiger charge is -2.26. The van der Waals surface area contributed by atoms with Gasteiger partial charge in [-0.2, -0.15) is 0 Å². The van der Waals surface area contributed by atoms with Gasteiger partial charge in [0.15, 0.2) is 12.4 Å². The molecule has 0 aliphatic rings. The third-order valence-corrected chi connectivity index (χ3v) is 15.4. The summed E-state index contributed by atoms with van der Waals surface area (Å²) in [6.07, 6.45) is 82.7. The maximum atomic E-state index is 12.9. The molecule has 0 aliphatic carbocycles. The van der Waals surface area contributed by atoms with E-state index in [1.807, 2.05) is 21.1 Å². The van der Waals surface area contributed by atoms with Gasteiger partial charge in [0.25, 0.3) is 0 Å². The van der Waals surface area contributed by atoms with Crippen molar-refractivity contribution in [2.45, 2.75) is 334 Å². The molecule has 482 valence electrons. The fourth-order valence-corrected chi connectivity index (χ4v) is 10.1. The minimum absolute atomic E-state index is 0.148. The van der Waals surface area contributed by atoms with Crippen LogP contribution in [0, 0.1) is 0 Å². The van der Waals surface area contributed by atoms with Gasteiger partial charge in [-0.15, -0.1) is 0 Å². The van der Waals surface area contributed by atoms with Gasteiger partial charge in [-0.25, -0.2) is 0 Å². The smallest absolute Gasteiger partial charge is 0.306 e. The molecule has 0 heterocycles. The normalized spacial score (nSPS) is 13.1. The number of nitrogens with zero attached hydrogens (tertiary/aromatic N) is 1. The molecule has 0 aromatic carbocycles. The average molecular weight is 1160 g/mol. The summed E-state index contributed by atoms with van der Waals surface area (Å²) in [4.78, 5) is 37.5. The van der Waals surface area contributed by atoms with E-state index < -0.39 is 24.3 Å². The lowest BCUT2D eigenvalue weighted by Crippen LogP contribution is -2.44. The molecule has 2 unspecified atom stereocenters. The summed E-state index contributed by atoms with van der Waals surface area (Å²) in [5.41, 5.74) is 0. The largest absolute Gasteiger partial charge is 0.545 e. The Labute approximate surface area is 513 Å². The summed E-state index contributed by atoms with van der Waals surface area (Å²) in [5, 5.41) is 11.8. The van der Waals surface area contributed by atoms with Crippen molar-refractivity contribution in [2.24, 2.45) is 0 Å². The van der Waals surface area contributed by atoms with Crippen molar-refractivity contribution in [3.05, 3.63) is 72.9 Å². The quantitative estimate of drug-likeness (QED) is 0.0195. The first-order chi connectivity index (χ1) is 40.6. The molecule has 9 nitrogen and oxygen atoms in total. The first-order valence-corrected chi connectivity index (χ1v) is 35.1. The van der Waals surface area contributed by atoms with E-state index in [9.17, 15) is 19.5 Å². The highest BCUT2D eigenvalue weighted by atomic mass is 16.7. The molecule has 0 amide bonds. The van der Waals surface area contributed by atoms with E-state index in [1.54, 1.807) is 0 Å². The van der Waals surface area contributed by atoms with E-state index in [0.29, 0.717) is 23.9 Å². The Morgan fingerprint density at radius 2 is 0.687 bits per heavy atom. The van der Waals surface area contributed by atoms with Gasteiger partial charge in [0.1, 0.15) is 13.2 Å². The molecule has 2 atom stereocenters. The first-order valence-electron chi connectivity index (χ1n) is 35.1. The van der Waals surface area contributed by atoms with Crippen molar-refractivity contribution in [3.63, 3.8) is 0 Å². The average Bonchev–Trinajstić information content (AvgIpc) is 3.46. The molecular weight excluding hydrogens is 1030 g/mol. The van der Waals surface area contributed by atoms with Crippen molar-refractivity contribution >= 4 is 17.9 Å². The second-order valence-electron chi connectivity index (χ2n) is 24.8. The number of carboxylic acid groups (broad SMARTS) is 1. The minimum atomic E-state index is -1.62. The number of aliphatic carboxylic acids is 1. The molecule has 0 bridgehead atoms. The van der Waals surface area contributed by atoms with Gasteiger partial charge in [0, 0.05) is 12.8 Å². The molecule has 0 radical (unpaired) electrons. The number of allylic oxidation sites excluding steroid dienone is 12. The lowest BCUT2D eigenvalue weighted by atomic mass is 10.0. The molecule has 0 aromatic heterocycles. The number of carbonyl (C=O) groups excluding carboxylic acids is 3. The predicted molar refractivity (Wildman–Crippen MR) is 352 cm³/mol. The lowest BCUT2D eigenvalue weighted by molar-refractivity contribution is -0.870. The van der Waals surface area contributed by atoms with Gasteiger partial charge >= 0.3 is 11.9 Å². The van der Waals surface area contributed by atoms with Crippen LogP contribution in [0.3, 0.4) is 0 Å². The van der Waals surface area contributed by atoms with E-state index in [0.717, 1.165) is 64.2 Å². The monoisotopic (exact) mass is 1160 g/mol. The minimum Gasteiger partial charge on any atom is -0.545 e. The third kappa shape index (κ3) is 66.1. The molecule has 0 fully saturated rings. The summed E-state index contributed by atoms with van der Waals surface area (Å²) < 4.78 is 22.8. The van der Waals surface area contributed by atoms with Crippen LogP contribution in [-0.4, -0.2) is 82.3 Å². The molecule has 0 spiro atoms. The first kappa shape index (κ1) is 79.7. The van der Waals surface area contributed by atoms with Crippen LogP contribution >= 0.6 is 0 Å². The summed E-state index contributed by atoms with van der Waals surface area (Å²) in [6.45, 7) is 4.68. The van der Waals surface area contributed by atoms with Gasteiger partial charge < -0.3 is 33.3 Å². The standard InChI is InChI=1S/C74H133NO8/c1-6-8-10-12-14-16-18-20-22-24-26-28-30-32-33-34-35-36-37-38-39-41-43-45-47-49-51-53-55-57-59-61-63-65-72(77)83-70(69-82-74(73(78)79)80-67-66-75(3,4)5)68-81-71(76)64-62-60-58-56-54-52-50-48-46-44-42-40-31-29-27-25-23-21-19-17-15-13-11-9-7-2/h8,10,14,16,20,22,25-28,32-33,70,74H,6-7,9,11-13,15,17-19,21,23-24,29-31,34-69H2,1-5H3/b10-8-,16-14-,22-20-,27-25-,28-26-,33-32-. The van der Waals surface area contributed by atoms with E-state index in [4.69, 9.17) is 18.9 Å². The summed E-state index contributed by atoms with van der Waals surface area (Å²) in [5.74, 6) is -2.27. The van der Waals surface area contributed by atoms with Crippen LogP contribution in [0.2, 0.25) is 0 Å². The summed E-state index contributed by atoms with van der Waals surface area (Å²) >= 11 is 0. The van der Waals surface area contributed by atoms with E-state index in [2.05, 4.69) is 86.8 Å². The Balaban J connectivity index is 4.08. The molecule has 83 heavy (non-hydrogen) atoms. The van der Waals surface area contributed by atoms with Crippen molar-refractivity contribution in [1.82, 2.24) is 0 Å². The van der Waals surface area contributed by atoms with Gasteiger partial charge in [-0.1, -0.05) is 299 Å². The maximum Gasteiger partial charge on any atom is 0.306 e. The van der Waals surface area contributed by atoms with E-state index in [-0.39, 0.29) is 32.2 Å². The van der Waals surface area contributed by atoms with E-state index >= 15 is 0 Å². The maximum absolute atomic E-state index is 12.9. The van der Waals surface area contributed by atoms with Crippen LogP contribution in [0.5, 0.6) is 0 Å². The second kappa shape index (κ2) is 64.7. The molecule has 0 aromatic rings. The predicted octanol–water partition coefficient (Wildman–Crippen LogP) is 20.4. The molecule has 0 N–H and O–H groups in total. The SMILES string of the molecule is CC/C=C\C/C=C\C/C=C\C/C=C\C/C=C\CCCCCCCCCCCCCCCCCCCC(=O)OC(COC(=O)CCCCCCCCCCCCCCC/C=C\CCCCCCCCCC)COC(OCC[N+](C)(C)C)C(=O)[O-]. The number of esters is 2. The van der Waals surface area contributed by atoms with Gasteiger partial charge in [-0.05, 0) is 83.5 Å². The van der Waals surface area contributed by atoms with Crippen LogP contribution in [0.4, 0.5) is 0 Å². The fourth-order valence-electron chi connectivity index (χ4n) is 10.1. The number of carbonyl (C=O) groups is 3. The topological polar surface area (TPSA) is 111 Å². The summed E-state index contributed by atoms with van der Waals surface area (Å²) in [6, 6.07) is 0. The van der Waals surface area contributed by atoms with E-state index in [1.165, 1.54) is 225 Å². The highest BCUT2D eigenvalue weighted by molar-refractivity contribution is 5.70. The number of likely N-dealkylation sites (N-methyl/N-ethyl adjacent to an activating group) is 1. The molecule has 0 rings (SSSR count). The van der Waals surface area contributed by atoms with Crippen molar-refractivity contribution in [1.29, 1.82) is 0 Å². The number of hydrogen-bond acceptors (Lipinski definition) is 8. The van der Waals surface area contributed by atoms with Crippen molar-refractivity contribution in [2.75, 3.05) is 47.5 Å². The zero-order valence-electron chi connectivity index (χ0n) is 55.1. The number of quaternary nitrogens is 1. The van der Waals surface area contributed by atoms with Crippen molar-refractivity contribution < 1.29 is 42.9 Å². The van der Waals surface area contributed by atoms with Crippen LogP contribution < -0.4 is 5.11 Å². The Kier molecular flexibility index (Phi) is 62.2. The molecular formula is C74H133NO8. The fraction of sp³-hybridized carbons (Fsp3) is 0.797. The van der Waals surface area contributed by atoms with Gasteiger partial charge in [-0.3, -0.25) is 9.59 Å².